The fraction of sp³-hybridized carbons (Fsp3) is 0.600. The van der Waals surface area contributed by atoms with Gasteiger partial charge in [-0.05, 0) is 55.9 Å². The quantitative estimate of drug-likeness (QED) is 0.852. The van der Waals surface area contributed by atoms with Gasteiger partial charge in [0, 0.05) is 18.6 Å². The van der Waals surface area contributed by atoms with Gasteiger partial charge in [0.05, 0.1) is 6.61 Å². The van der Waals surface area contributed by atoms with Crippen LogP contribution in [-0.4, -0.2) is 13.2 Å². The van der Waals surface area contributed by atoms with Crippen LogP contribution in [-0.2, 0) is 4.74 Å². The molecule has 2 heteroatoms. The van der Waals surface area contributed by atoms with Gasteiger partial charge in [-0.25, -0.2) is 0 Å². The topological polar surface area (TPSA) is 35.2 Å². The summed E-state index contributed by atoms with van der Waals surface area (Å²) >= 11 is 0. The maximum atomic E-state index is 6.41. The maximum absolute atomic E-state index is 6.41. The summed E-state index contributed by atoms with van der Waals surface area (Å²) in [6.07, 6.45) is 2.33. The summed E-state index contributed by atoms with van der Waals surface area (Å²) in [4.78, 5) is 0. The Hall–Kier alpha value is -0.860. The van der Waals surface area contributed by atoms with E-state index in [1.54, 1.807) is 0 Å². The number of hydrogen-bond donors (Lipinski definition) is 1. The fourth-order valence-electron chi connectivity index (χ4n) is 2.64. The highest BCUT2D eigenvalue weighted by Gasteiger charge is 2.23. The van der Waals surface area contributed by atoms with Crippen molar-refractivity contribution in [2.24, 2.45) is 11.7 Å². The molecule has 0 spiro atoms. The summed E-state index contributed by atoms with van der Waals surface area (Å²) in [6, 6.07) is 4.62. The minimum Gasteiger partial charge on any atom is -0.381 e. The molecule has 0 amide bonds. The van der Waals surface area contributed by atoms with Gasteiger partial charge in [-0.1, -0.05) is 12.1 Å². The van der Waals surface area contributed by atoms with E-state index in [-0.39, 0.29) is 6.04 Å². The van der Waals surface area contributed by atoms with Crippen molar-refractivity contribution in [3.63, 3.8) is 0 Å². The van der Waals surface area contributed by atoms with Gasteiger partial charge in [0.1, 0.15) is 0 Å². The third kappa shape index (κ3) is 2.70. The first-order valence-corrected chi connectivity index (χ1v) is 6.50. The maximum Gasteiger partial charge on any atom is 0.0512 e. The average Bonchev–Trinajstić information content (AvgIpc) is 2.34. The van der Waals surface area contributed by atoms with E-state index in [1.807, 2.05) is 0 Å². The Balaban J connectivity index is 2.23. The van der Waals surface area contributed by atoms with Crippen LogP contribution in [0.5, 0.6) is 0 Å². The van der Waals surface area contributed by atoms with E-state index in [0.717, 1.165) is 19.6 Å². The highest BCUT2D eigenvalue weighted by atomic mass is 16.5. The zero-order valence-electron chi connectivity index (χ0n) is 11.1. The zero-order valence-corrected chi connectivity index (χ0v) is 11.1. The Morgan fingerprint density at radius 3 is 2.53 bits per heavy atom. The van der Waals surface area contributed by atoms with Crippen LogP contribution in [0.15, 0.2) is 12.1 Å². The molecule has 2 atom stereocenters. The van der Waals surface area contributed by atoms with Crippen molar-refractivity contribution in [1.29, 1.82) is 0 Å². The third-order valence-corrected chi connectivity index (χ3v) is 3.94. The van der Waals surface area contributed by atoms with Crippen LogP contribution in [0, 0.1) is 26.7 Å². The van der Waals surface area contributed by atoms with Crippen LogP contribution in [0.4, 0.5) is 0 Å². The second-order valence-electron chi connectivity index (χ2n) is 5.30. The molecule has 2 rings (SSSR count). The molecule has 2 N–H and O–H groups in total. The summed E-state index contributed by atoms with van der Waals surface area (Å²) in [6.45, 7) is 8.18. The summed E-state index contributed by atoms with van der Waals surface area (Å²) in [5.41, 5.74) is 11.7. The highest BCUT2D eigenvalue weighted by Crippen LogP contribution is 2.30. The van der Waals surface area contributed by atoms with Crippen LogP contribution < -0.4 is 5.73 Å². The van der Waals surface area contributed by atoms with Crippen LogP contribution in [0.3, 0.4) is 0 Å². The molecule has 94 valence electrons. The third-order valence-electron chi connectivity index (χ3n) is 3.94. The minimum atomic E-state index is 0.120. The van der Waals surface area contributed by atoms with Crippen molar-refractivity contribution < 1.29 is 4.74 Å². The van der Waals surface area contributed by atoms with Gasteiger partial charge < -0.3 is 10.5 Å². The molecule has 2 unspecified atom stereocenters. The molecule has 0 radical (unpaired) electrons. The molecule has 1 saturated heterocycles. The number of nitrogens with two attached hydrogens (primary N) is 1. The van der Waals surface area contributed by atoms with Crippen molar-refractivity contribution in [1.82, 2.24) is 0 Å². The molecule has 0 saturated carbocycles. The number of aryl methyl sites for hydroxylation is 3. The molecule has 0 bridgehead atoms. The Bertz CT molecular complexity index is 394. The lowest BCUT2D eigenvalue weighted by Gasteiger charge is -2.29. The van der Waals surface area contributed by atoms with E-state index in [0.29, 0.717) is 5.92 Å². The highest BCUT2D eigenvalue weighted by molar-refractivity contribution is 5.38. The van der Waals surface area contributed by atoms with E-state index in [1.165, 1.54) is 28.7 Å². The van der Waals surface area contributed by atoms with E-state index >= 15 is 0 Å². The van der Waals surface area contributed by atoms with Crippen molar-refractivity contribution in [3.05, 3.63) is 34.4 Å². The number of ether oxygens (including phenoxy) is 1. The number of rotatable bonds is 2. The summed E-state index contributed by atoms with van der Waals surface area (Å²) in [7, 11) is 0. The minimum absolute atomic E-state index is 0.120. The van der Waals surface area contributed by atoms with Gasteiger partial charge >= 0.3 is 0 Å². The van der Waals surface area contributed by atoms with Crippen molar-refractivity contribution in [3.8, 4) is 0 Å². The average molecular weight is 233 g/mol. The van der Waals surface area contributed by atoms with Crippen LogP contribution in [0.25, 0.3) is 0 Å². The molecule has 1 aliphatic rings. The van der Waals surface area contributed by atoms with Gasteiger partial charge in [0.2, 0.25) is 0 Å². The molecular formula is C15H23NO. The second-order valence-corrected chi connectivity index (χ2v) is 5.30. The van der Waals surface area contributed by atoms with Gasteiger partial charge in [-0.3, -0.25) is 0 Å². The molecule has 1 aromatic rings. The summed E-state index contributed by atoms with van der Waals surface area (Å²) in [5.74, 6) is 0.476. The van der Waals surface area contributed by atoms with E-state index in [2.05, 4.69) is 32.9 Å². The predicted molar refractivity (Wildman–Crippen MR) is 71.1 cm³/mol. The predicted octanol–water partition coefficient (Wildman–Crippen LogP) is 3.04. The molecule has 0 aliphatic carbocycles. The summed E-state index contributed by atoms with van der Waals surface area (Å²) < 4.78 is 5.54. The van der Waals surface area contributed by atoms with Crippen LogP contribution >= 0.6 is 0 Å². The van der Waals surface area contributed by atoms with E-state index in [9.17, 15) is 0 Å². The Kier molecular flexibility index (Phi) is 3.85. The second kappa shape index (κ2) is 5.19. The SMILES string of the molecule is Cc1cc(C)c(C(N)C2CCCOC2)cc1C. The molecular weight excluding hydrogens is 210 g/mol. The molecule has 1 heterocycles. The Morgan fingerprint density at radius 1 is 1.18 bits per heavy atom. The standard InChI is InChI=1S/C15H23NO/c1-10-7-12(3)14(8-11(10)2)15(16)13-5-4-6-17-9-13/h7-8,13,15H,4-6,9,16H2,1-3H3. The first-order chi connectivity index (χ1) is 8.09. The molecule has 17 heavy (non-hydrogen) atoms. The zero-order chi connectivity index (χ0) is 12.4. The molecule has 1 aliphatic heterocycles. The van der Waals surface area contributed by atoms with Gasteiger partial charge in [0.25, 0.3) is 0 Å². The summed E-state index contributed by atoms with van der Waals surface area (Å²) in [5, 5.41) is 0. The largest absolute Gasteiger partial charge is 0.381 e. The first kappa shape index (κ1) is 12.6. The lowest BCUT2D eigenvalue weighted by atomic mass is 9.86. The van der Waals surface area contributed by atoms with Crippen LogP contribution in [0.2, 0.25) is 0 Å². The molecule has 2 nitrogen and oxygen atoms in total. The normalized spacial score (nSPS) is 22.5. The lowest BCUT2D eigenvalue weighted by molar-refractivity contribution is 0.0447. The van der Waals surface area contributed by atoms with Gasteiger partial charge in [0.15, 0.2) is 0 Å². The smallest absolute Gasteiger partial charge is 0.0512 e. The molecule has 0 aromatic heterocycles. The Labute approximate surface area is 104 Å². The first-order valence-electron chi connectivity index (χ1n) is 6.50. The molecule has 1 aromatic carbocycles. The van der Waals surface area contributed by atoms with Gasteiger partial charge in [-0.15, -0.1) is 0 Å². The van der Waals surface area contributed by atoms with Crippen molar-refractivity contribution >= 4 is 0 Å². The van der Waals surface area contributed by atoms with Gasteiger partial charge in [-0.2, -0.15) is 0 Å². The Morgan fingerprint density at radius 2 is 1.88 bits per heavy atom. The molecule has 1 fully saturated rings. The number of hydrogen-bond acceptors (Lipinski definition) is 2. The van der Waals surface area contributed by atoms with E-state index < -0.39 is 0 Å². The van der Waals surface area contributed by atoms with Crippen molar-refractivity contribution in [2.75, 3.05) is 13.2 Å². The number of benzene rings is 1. The monoisotopic (exact) mass is 233 g/mol. The van der Waals surface area contributed by atoms with E-state index in [4.69, 9.17) is 10.5 Å². The van der Waals surface area contributed by atoms with Crippen LogP contribution in [0.1, 0.15) is 41.1 Å². The van der Waals surface area contributed by atoms with Crippen molar-refractivity contribution in [2.45, 2.75) is 39.7 Å². The fourth-order valence-corrected chi connectivity index (χ4v) is 2.64. The lowest BCUT2D eigenvalue weighted by Crippen LogP contribution is -2.29.